The summed E-state index contributed by atoms with van der Waals surface area (Å²) in [6, 6.07) is 1.78. The molecule has 0 aliphatic carbocycles. The van der Waals surface area contributed by atoms with E-state index in [0.29, 0.717) is 18.6 Å². The summed E-state index contributed by atoms with van der Waals surface area (Å²) < 4.78 is 45.1. The molecule has 7 heteroatoms. The van der Waals surface area contributed by atoms with E-state index in [0.717, 1.165) is 6.07 Å². The maximum absolute atomic E-state index is 13.5. The summed E-state index contributed by atoms with van der Waals surface area (Å²) >= 11 is 0. The highest BCUT2D eigenvalue weighted by Gasteiger charge is 2.28. The summed E-state index contributed by atoms with van der Waals surface area (Å²) in [5, 5.41) is 0. The second kappa shape index (κ2) is 4.83. The molecule has 0 saturated heterocycles. The Hall–Kier alpha value is -1.18. The van der Waals surface area contributed by atoms with Gasteiger partial charge in [-0.15, -0.1) is 0 Å². The summed E-state index contributed by atoms with van der Waals surface area (Å²) in [5.41, 5.74) is 6.24. The van der Waals surface area contributed by atoms with Crippen LogP contribution in [-0.2, 0) is 10.0 Å². The number of fused-ring (bicyclic) bond motifs is 1. The zero-order valence-corrected chi connectivity index (χ0v) is 10.8. The van der Waals surface area contributed by atoms with Gasteiger partial charge in [-0.3, -0.25) is 0 Å². The molecule has 0 amide bonds. The third kappa shape index (κ3) is 2.33. The Bertz CT molecular complexity index is 560. The smallest absolute Gasteiger partial charge is 0.244 e. The number of hydrogen-bond donors (Lipinski definition) is 2. The van der Waals surface area contributed by atoms with Gasteiger partial charge in [0.25, 0.3) is 0 Å². The Labute approximate surface area is 105 Å². The van der Waals surface area contributed by atoms with E-state index in [1.165, 1.54) is 6.07 Å². The molecule has 0 fully saturated rings. The van der Waals surface area contributed by atoms with Crippen LogP contribution >= 0.6 is 0 Å². The van der Waals surface area contributed by atoms with Gasteiger partial charge in [0, 0.05) is 24.6 Å². The SMILES string of the molecule is CCNS(=O)(=O)c1cc(F)cc2c1OCCC2N. The number of benzene rings is 1. The minimum atomic E-state index is -3.77. The van der Waals surface area contributed by atoms with Crippen LogP contribution in [0, 0.1) is 5.82 Å². The zero-order chi connectivity index (χ0) is 13.3. The highest BCUT2D eigenvalue weighted by molar-refractivity contribution is 7.89. The van der Waals surface area contributed by atoms with Crippen molar-refractivity contribution in [3.05, 3.63) is 23.5 Å². The number of nitrogens with two attached hydrogens (primary N) is 1. The van der Waals surface area contributed by atoms with Gasteiger partial charge in [-0.25, -0.2) is 17.5 Å². The topological polar surface area (TPSA) is 81.4 Å². The van der Waals surface area contributed by atoms with Gasteiger partial charge in [-0.05, 0) is 12.1 Å². The maximum atomic E-state index is 13.5. The zero-order valence-electron chi connectivity index (χ0n) is 9.94. The summed E-state index contributed by atoms with van der Waals surface area (Å²) in [6.07, 6.45) is 0.539. The van der Waals surface area contributed by atoms with Crippen molar-refractivity contribution in [3.8, 4) is 5.75 Å². The second-order valence-electron chi connectivity index (χ2n) is 4.07. The van der Waals surface area contributed by atoms with Gasteiger partial charge in [-0.2, -0.15) is 0 Å². The monoisotopic (exact) mass is 274 g/mol. The molecule has 1 unspecified atom stereocenters. The summed E-state index contributed by atoms with van der Waals surface area (Å²) in [5.74, 6) is -0.470. The van der Waals surface area contributed by atoms with E-state index in [2.05, 4.69) is 4.72 Å². The Morgan fingerprint density at radius 3 is 2.94 bits per heavy atom. The van der Waals surface area contributed by atoms with Crippen LogP contribution in [-0.4, -0.2) is 21.6 Å². The first-order valence-electron chi connectivity index (χ1n) is 5.67. The summed E-state index contributed by atoms with van der Waals surface area (Å²) in [7, 11) is -3.77. The first-order valence-corrected chi connectivity index (χ1v) is 7.15. The normalized spacial score (nSPS) is 19.2. The Kier molecular flexibility index (Phi) is 3.56. The number of hydrogen-bond acceptors (Lipinski definition) is 4. The van der Waals surface area contributed by atoms with Crippen molar-refractivity contribution in [3.63, 3.8) is 0 Å². The molecule has 100 valence electrons. The molecule has 0 spiro atoms. The molecular formula is C11H15FN2O3S. The molecule has 0 aromatic heterocycles. The highest BCUT2D eigenvalue weighted by Crippen LogP contribution is 2.36. The van der Waals surface area contributed by atoms with Crippen molar-refractivity contribution >= 4 is 10.0 Å². The van der Waals surface area contributed by atoms with E-state index in [1.54, 1.807) is 6.92 Å². The first-order chi connectivity index (χ1) is 8.45. The van der Waals surface area contributed by atoms with E-state index >= 15 is 0 Å². The molecule has 18 heavy (non-hydrogen) atoms. The fourth-order valence-electron chi connectivity index (χ4n) is 1.93. The Morgan fingerprint density at radius 2 is 2.28 bits per heavy atom. The summed E-state index contributed by atoms with van der Waals surface area (Å²) in [6.45, 7) is 2.20. The van der Waals surface area contributed by atoms with Gasteiger partial charge < -0.3 is 10.5 Å². The number of ether oxygens (including phenoxy) is 1. The molecule has 5 nitrogen and oxygen atoms in total. The molecule has 0 bridgehead atoms. The third-order valence-corrected chi connectivity index (χ3v) is 4.30. The molecule has 1 heterocycles. The molecule has 1 aromatic carbocycles. The minimum absolute atomic E-state index is 0.163. The van der Waals surface area contributed by atoms with Crippen LogP contribution in [0.25, 0.3) is 0 Å². The lowest BCUT2D eigenvalue weighted by Gasteiger charge is -2.25. The largest absolute Gasteiger partial charge is 0.492 e. The van der Waals surface area contributed by atoms with Crippen LogP contribution in [0.5, 0.6) is 5.75 Å². The predicted octanol–water partition coefficient (Wildman–Crippen LogP) is 0.906. The lowest BCUT2D eigenvalue weighted by molar-refractivity contribution is 0.260. The van der Waals surface area contributed by atoms with Crippen molar-refractivity contribution in [1.82, 2.24) is 4.72 Å². The van der Waals surface area contributed by atoms with Crippen LogP contribution < -0.4 is 15.2 Å². The fourth-order valence-corrected chi connectivity index (χ4v) is 3.15. The molecule has 2 rings (SSSR count). The molecule has 3 N–H and O–H groups in total. The first kappa shape index (κ1) is 13.3. The van der Waals surface area contributed by atoms with Gasteiger partial charge >= 0.3 is 0 Å². The average Bonchev–Trinajstić information content (AvgIpc) is 2.29. The molecule has 1 aliphatic rings. The van der Waals surface area contributed by atoms with Crippen LogP contribution in [0.2, 0.25) is 0 Å². The summed E-state index contributed by atoms with van der Waals surface area (Å²) in [4.78, 5) is -0.186. The molecule has 0 radical (unpaired) electrons. The highest BCUT2D eigenvalue weighted by atomic mass is 32.2. The lowest BCUT2D eigenvalue weighted by Crippen LogP contribution is -2.27. The van der Waals surface area contributed by atoms with E-state index in [9.17, 15) is 12.8 Å². The van der Waals surface area contributed by atoms with Crippen LogP contribution in [0.4, 0.5) is 4.39 Å². The van der Waals surface area contributed by atoms with Gasteiger partial charge in [0.2, 0.25) is 10.0 Å². The number of rotatable bonds is 3. The van der Waals surface area contributed by atoms with E-state index in [-0.39, 0.29) is 17.2 Å². The van der Waals surface area contributed by atoms with Crippen molar-refractivity contribution in [2.75, 3.05) is 13.2 Å². The molecule has 1 aliphatic heterocycles. The van der Waals surface area contributed by atoms with Gasteiger partial charge in [-0.1, -0.05) is 6.92 Å². The standard InChI is InChI=1S/C11H15FN2O3S/c1-2-14-18(15,16)10-6-7(12)5-8-9(13)3-4-17-11(8)10/h5-6,9,14H,2-4,13H2,1H3. The van der Waals surface area contributed by atoms with Crippen LogP contribution in [0.15, 0.2) is 17.0 Å². The third-order valence-electron chi connectivity index (χ3n) is 2.75. The maximum Gasteiger partial charge on any atom is 0.244 e. The predicted molar refractivity (Wildman–Crippen MR) is 64.3 cm³/mol. The quantitative estimate of drug-likeness (QED) is 0.858. The molecule has 1 atom stereocenters. The molecule has 0 saturated carbocycles. The average molecular weight is 274 g/mol. The number of halogens is 1. The van der Waals surface area contributed by atoms with Crippen molar-refractivity contribution in [2.24, 2.45) is 5.73 Å². The second-order valence-corrected chi connectivity index (χ2v) is 5.80. The van der Waals surface area contributed by atoms with Gasteiger partial charge in [0.1, 0.15) is 16.5 Å². The number of sulfonamides is 1. The van der Waals surface area contributed by atoms with Crippen molar-refractivity contribution < 1.29 is 17.5 Å². The molecule has 1 aromatic rings. The van der Waals surface area contributed by atoms with E-state index in [4.69, 9.17) is 10.5 Å². The minimum Gasteiger partial charge on any atom is -0.492 e. The lowest BCUT2D eigenvalue weighted by atomic mass is 10.0. The molecular weight excluding hydrogens is 259 g/mol. The Morgan fingerprint density at radius 1 is 1.56 bits per heavy atom. The van der Waals surface area contributed by atoms with Gasteiger partial charge in [0.05, 0.1) is 6.61 Å². The van der Waals surface area contributed by atoms with Crippen molar-refractivity contribution in [2.45, 2.75) is 24.3 Å². The van der Waals surface area contributed by atoms with Crippen molar-refractivity contribution in [1.29, 1.82) is 0 Å². The fraction of sp³-hybridized carbons (Fsp3) is 0.455. The van der Waals surface area contributed by atoms with Gasteiger partial charge in [0.15, 0.2) is 0 Å². The number of nitrogens with one attached hydrogen (secondary N) is 1. The van der Waals surface area contributed by atoms with Crippen LogP contribution in [0.1, 0.15) is 24.9 Å². The Balaban J connectivity index is 2.61. The van der Waals surface area contributed by atoms with E-state index < -0.39 is 21.9 Å². The van der Waals surface area contributed by atoms with E-state index in [1.807, 2.05) is 0 Å². The van der Waals surface area contributed by atoms with Crippen LogP contribution in [0.3, 0.4) is 0 Å².